The van der Waals surface area contributed by atoms with Crippen LogP contribution in [0.25, 0.3) is 0 Å². The summed E-state index contributed by atoms with van der Waals surface area (Å²) in [5.41, 5.74) is 1.38. The number of amides is 1. The summed E-state index contributed by atoms with van der Waals surface area (Å²) in [5, 5.41) is 12.9. The van der Waals surface area contributed by atoms with E-state index in [0.717, 1.165) is 5.56 Å². The summed E-state index contributed by atoms with van der Waals surface area (Å²) >= 11 is 0. The fourth-order valence-electron chi connectivity index (χ4n) is 2.42. The molecule has 0 aliphatic heterocycles. The molecule has 0 aromatic heterocycles. The first-order valence-electron chi connectivity index (χ1n) is 7.73. The third-order valence-corrected chi connectivity index (χ3v) is 4.31. The van der Waals surface area contributed by atoms with E-state index in [9.17, 15) is 9.90 Å². The van der Waals surface area contributed by atoms with E-state index in [0.29, 0.717) is 30.1 Å². The van der Waals surface area contributed by atoms with Gasteiger partial charge >= 0.3 is 0 Å². The number of nitrogens with zero attached hydrogens (tertiary/aromatic N) is 1. The highest BCUT2D eigenvalue weighted by Crippen LogP contribution is 2.27. The van der Waals surface area contributed by atoms with Crippen molar-refractivity contribution in [3.8, 4) is 5.75 Å². The Balaban J connectivity index is 1.93. The first-order chi connectivity index (χ1) is 9.90. The third kappa shape index (κ3) is 3.97. The number of rotatable bonds is 6. The number of carbonyl (C=O) groups excluding carboxylic acids is 1. The van der Waals surface area contributed by atoms with Crippen LogP contribution >= 0.6 is 0 Å². The topological polar surface area (TPSA) is 52.6 Å². The lowest BCUT2D eigenvalue weighted by Crippen LogP contribution is -2.41. The third-order valence-electron chi connectivity index (χ3n) is 4.31. The predicted octanol–water partition coefficient (Wildman–Crippen LogP) is 2.73. The highest BCUT2D eigenvalue weighted by Gasteiger charge is 2.29. The molecule has 1 aromatic rings. The Morgan fingerprint density at radius 1 is 1.38 bits per heavy atom. The first kappa shape index (κ1) is 15.8. The summed E-state index contributed by atoms with van der Waals surface area (Å²) in [7, 11) is 2.10. The molecule has 1 saturated carbocycles. The number of hydrogen-bond acceptors (Lipinski definition) is 3. The minimum atomic E-state index is -0.209. The van der Waals surface area contributed by atoms with Crippen LogP contribution < -0.4 is 5.32 Å². The van der Waals surface area contributed by atoms with E-state index in [-0.39, 0.29) is 11.7 Å². The maximum atomic E-state index is 12.2. The Morgan fingerprint density at radius 3 is 2.57 bits per heavy atom. The van der Waals surface area contributed by atoms with Gasteiger partial charge in [-0.3, -0.25) is 9.69 Å². The molecule has 0 spiro atoms. The number of carbonyl (C=O) groups is 1. The zero-order valence-electron chi connectivity index (χ0n) is 13.4. The summed E-state index contributed by atoms with van der Waals surface area (Å²) in [5.74, 6) is 0.181. The van der Waals surface area contributed by atoms with Gasteiger partial charge in [-0.1, -0.05) is 19.9 Å². The normalized spacial score (nSPS) is 16.3. The van der Waals surface area contributed by atoms with Crippen molar-refractivity contribution in [1.29, 1.82) is 0 Å². The fraction of sp³-hybridized carbons (Fsp3) is 0.588. The van der Waals surface area contributed by atoms with E-state index < -0.39 is 0 Å². The van der Waals surface area contributed by atoms with Gasteiger partial charge in [0.15, 0.2) is 0 Å². The van der Waals surface area contributed by atoms with Crippen LogP contribution in [0, 0.1) is 0 Å². The Bertz CT molecular complexity index is 510. The van der Waals surface area contributed by atoms with Crippen LogP contribution in [0.2, 0.25) is 0 Å². The van der Waals surface area contributed by atoms with Crippen LogP contribution in [0.1, 0.15) is 55.5 Å². The number of nitrogens with one attached hydrogen (secondary N) is 1. The second kappa shape index (κ2) is 6.48. The summed E-state index contributed by atoms with van der Waals surface area (Å²) in [6.45, 7) is 6.82. The van der Waals surface area contributed by atoms with Gasteiger partial charge in [-0.15, -0.1) is 0 Å². The molecule has 2 N–H and O–H groups in total. The lowest BCUT2D eigenvalue weighted by molar-refractivity contribution is 0.0937. The Labute approximate surface area is 127 Å². The number of phenolic OH excluding ortho intramolecular Hbond substituents is 1. The summed E-state index contributed by atoms with van der Waals surface area (Å²) < 4.78 is 0. The predicted molar refractivity (Wildman–Crippen MR) is 84.8 cm³/mol. The van der Waals surface area contributed by atoms with Gasteiger partial charge in [0, 0.05) is 18.6 Å². The molecule has 1 atom stereocenters. The van der Waals surface area contributed by atoms with Gasteiger partial charge in [0.1, 0.15) is 5.75 Å². The molecular formula is C17H26N2O2. The molecule has 1 aromatic carbocycles. The largest absolute Gasteiger partial charge is 0.507 e. The number of likely N-dealkylation sites (N-methyl/N-ethyl adjacent to an activating group) is 1. The van der Waals surface area contributed by atoms with E-state index in [1.165, 1.54) is 12.8 Å². The lowest BCUT2D eigenvalue weighted by atomic mass is 10.0. The van der Waals surface area contributed by atoms with E-state index in [1.807, 2.05) is 6.07 Å². The molecule has 0 bridgehead atoms. The Morgan fingerprint density at radius 2 is 2.05 bits per heavy atom. The van der Waals surface area contributed by atoms with Gasteiger partial charge in [0.2, 0.25) is 0 Å². The zero-order chi connectivity index (χ0) is 15.6. The molecule has 4 nitrogen and oxygen atoms in total. The molecule has 1 fully saturated rings. The molecule has 1 amide bonds. The minimum absolute atomic E-state index is 0.0573. The van der Waals surface area contributed by atoms with Crippen molar-refractivity contribution in [3.63, 3.8) is 0 Å². The van der Waals surface area contributed by atoms with Gasteiger partial charge in [-0.2, -0.15) is 0 Å². The van der Waals surface area contributed by atoms with Crippen LogP contribution in [0.15, 0.2) is 18.2 Å². The molecule has 0 radical (unpaired) electrons. The lowest BCUT2D eigenvalue weighted by Gasteiger charge is -2.24. The van der Waals surface area contributed by atoms with Crippen LogP contribution in [-0.2, 0) is 0 Å². The van der Waals surface area contributed by atoms with Gasteiger partial charge in [-0.05, 0) is 50.4 Å². The number of aromatic hydroxyl groups is 1. The zero-order valence-corrected chi connectivity index (χ0v) is 13.4. The summed E-state index contributed by atoms with van der Waals surface area (Å²) in [6, 6.07) is 6.27. The fourth-order valence-corrected chi connectivity index (χ4v) is 2.42. The maximum Gasteiger partial charge on any atom is 0.255 e. The highest BCUT2D eigenvalue weighted by molar-refractivity contribution is 5.96. The van der Waals surface area contributed by atoms with E-state index in [4.69, 9.17) is 0 Å². The van der Waals surface area contributed by atoms with Crippen LogP contribution in [0.5, 0.6) is 5.75 Å². The monoisotopic (exact) mass is 290 g/mol. The van der Waals surface area contributed by atoms with E-state index in [1.54, 1.807) is 12.1 Å². The number of benzene rings is 1. The highest BCUT2D eigenvalue weighted by atomic mass is 16.3. The Hall–Kier alpha value is -1.55. The molecule has 0 heterocycles. The SMILES string of the molecule is CC(C)c1ccc(C(=O)NCC(C)N(C)C2CC2)c(O)c1. The molecule has 4 heteroatoms. The molecule has 1 unspecified atom stereocenters. The van der Waals surface area contributed by atoms with Gasteiger partial charge in [0.25, 0.3) is 5.91 Å². The number of phenols is 1. The standard InChI is InChI=1S/C17H26N2O2/c1-11(2)13-5-8-15(16(20)9-13)17(21)18-10-12(3)19(4)14-6-7-14/h5,8-9,11-12,14,20H,6-7,10H2,1-4H3,(H,18,21). The molecule has 0 saturated heterocycles. The van der Waals surface area contributed by atoms with Crippen LogP contribution in [-0.4, -0.2) is 41.6 Å². The van der Waals surface area contributed by atoms with Crippen molar-refractivity contribution in [2.24, 2.45) is 0 Å². The average molecular weight is 290 g/mol. The second-order valence-electron chi connectivity index (χ2n) is 6.39. The smallest absolute Gasteiger partial charge is 0.255 e. The van der Waals surface area contributed by atoms with Crippen molar-refractivity contribution in [2.75, 3.05) is 13.6 Å². The van der Waals surface area contributed by atoms with E-state index >= 15 is 0 Å². The minimum Gasteiger partial charge on any atom is -0.507 e. The molecule has 1 aliphatic rings. The van der Waals surface area contributed by atoms with Crippen molar-refractivity contribution in [3.05, 3.63) is 29.3 Å². The molecular weight excluding hydrogens is 264 g/mol. The van der Waals surface area contributed by atoms with E-state index in [2.05, 4.69) is 38.0 Å². The average Bonchev–Trinajstić information content (AvgIpc) is 3.27. The number of hydrogen-bond donors (Lipinski definition) is 2. The van der Waals surface area contributed by atoms with Crippen molar-refractivity contribution in [2.45, 2.75) is 51.6 Å². The molecule has 116 valence electrons. The Kier molecular flexibility index (Phi) is 4.88. The summed E-state index contributed by atoms with van der Waals surface area (Å²) in [4.78, 5) is 14.5. The van der Waals surface area contributed by atoms with Crippen molar-refractivity contribution < 1.29 is 9.90 Å². The second-order valence-corrected chi connectivity index (χ2v) is 6.39. The first-order valence-corrected chi connectivity index (χ1v) is 7.73. The van der Waals surface area contributed by atoms with Gasteiger partial charge in [0.05, 0.1) is 5.56 Å². The van der Waals surface area contributed by atoms with Crippen molar-refractivity contribution >= 4 is 5.91 Å². The molecule has 2 rings (SSSR count). The quantitative estimate of drug-likeness (QED) is 0.847. The maximum absolute atomic E-state index is 12.2. The van der Waals surface area contributed by atoms with Gasteiger partial charge in [-0.25, -0.2) is 0 Å². The molecule has 21 heavy (non-hydrogen) atoms. The van der Waals surface area contributed by atoms with Crippen LogP contribution in [0.4, 0.5) is 0 Å². The molecule has 1 aliphatic carbocycles. The van der Waals surface area contributed by atoms with Crippen molar-refractivity contribution in [1.82, 2.24) is 10.2 Å². The summed E-state index contributed by atoms with van der Waals surface area (Å²) in [6.07, 6.45) is 2.51. The van der Waals surface area contributed by atoms with Crippen LogP contribution in [0.3, 0.4) is 0 Å². The van der Waals surface area contributed by atoms with Gasteiger partial charge < -0.3 is 10.4 Å².